The van der Waals surface area contributed by atoms with E-state index < -0.39 is 12.0 Å². The van der Waals surface area contributed by atoms with Gasteiger partial charge in [0.05, 0.1) is 13.6 Å². The minimum Gasteiger partial charge on any atom is -0.477 e. The number of aliphatic carboxylic acids is 1. The molecular formula is C14H19N4O3S+. The highest BCUT2D eigenvalue weighted by atomic mass is 32.2. The number of nitrogens with zero attached hydrogens (tertiary/aromatic N) is 2. The number of fused-ring (bicyclic) bond motifs is 1. The van der Waals surface area contributed by atoms with Gasteiger partial charge in [-0.25, -0.2) is 9.39 Å². The van der Waals surface area contributed by atoms with Crippen LogP contribution in [0.25, 0.3) is 0 Å². The fraction of sp³-hybridized carbons (Fsp3) is 0.429. The van der Waals surface area contributed by atoms with Gasteiger partial charge in [-0.2, -0.15) is 5.43 Å². The van der Waals surface area contributed by atoms with Gasteiger partial charge in [0.15, 0.2) is 0 Å². The molecule has 3 atom stereocenters. The molecule has 0 aromatic rings. The topological polar surface area (TPSA) is 95.7 Å². The molecular weight excluding hydrogens is 304 g/mol. The Hall–Kier alpha value is -1.61. The molecule has 3 rings (SSSR count). The van der Waals surface area contributed by atoms with Gasteiger partial charge in [0.25, 0.3) is 0 Å². The molecule has 8 heteroatoms. The molecule has 4 N–H and O–H groups in total. The summed E-state index contributed by atoms with van der Waals surface area (Å²) in [5.41, 5.74) is 9.87. The van der Waals surface area contributed by atoms with E-state index in [-0.39, 0.29) is 17.0 Å². The Bertz CT molecular complexity index is 615. The maximum Gasteiger partial charge on any atom is 0.352 e. The van der Waals surface area contributed by atoms with Crippen molar-refractivity contribution < 1.29 is 19.3 Å². The third-order valence-corrected chi connectivity index (χ3v) is 5.45. The van der Waals surface area contributed by atoms with Gasteiger partial charge in [-0.3, -0.25) is 9.69 Å². The average Bonchev–Trinajstić information content (AvgIpc) is 2.51. The van der Waals surface area contributed by atoms with Crippen LogP contribution in [0.1, 0.15) is 0 Å². The molecule has 22 heavy (non-hydrogen) atoms. The number of rotatable bonds is 4. The Morgan fingerprint density at radius 3 is 3.00 bits per heavy atom. The SMILES string of the molecule is C[N+]1(NCC2=C(C(=O)O)N3C(=O)C(N)[C@H]3SC2)C=CC=CC1. The number of nitrogens with two attached hydrogens (primary N) is 1. The van der Waals surface area contributed by atoms with E-state index in [0.717, 1.165) is 12.1 Å². The lowest BCUT2D eigenvalue weighted by molar-refractivity contribution is -0.899. The second kappa shape index (κ2) is 5.54. The highest BCUT2D eigenvalue weighted by molar-refractivity contribution is 8.00. The molecule has 3 aliphatic heterocycles. The highest BCUT2D eigenvalue weighted by Crippen LogP contribution is 2.39. The van der Waals surface area contributed by atoms with Crippen molar-refractivity contribution in [3.05, 3.63) is 35.7 Å². The third kappa shape index (κ3) is 2.48. The van der Waals surface area contributed by atoms with Crippen molar-refractivity contribution in [1.82, 2.24) is 10.3 Å². The third-order valence-electron chi connectivity index (χ3n) is 4.09. The zero-order valence-corrected chi connectivity index (χ0v) is 13.0. The lowest BCUT2D eigenvalue weighted by Gasteiger charge is -2.48. The van der Waals surface area contributed by atoms with Gasteiger partial charge in [0.1, 0.15) is 29.9 Å². The quantitative estimate of drug-likeness (QED) is 0.481. The fourth-order valence-corrected chi connectivity index (χ4v) is 4.06. The monoisotopic (exact) mass is 323 g/mol. The van der Waals surface area contributed by atoms with Gasteiger partial charge in [-0.15, -0.1) is 11.8 Å². The van der Waals surface area contributed by atoms with Gasteiger partial charge >= 0.3 is 5.97 Å². The van der Waals surface area contributed by atoms with E-state index in [1.165, 1.54) is 16.7 Å². The van der Waals surface area contributed by atoms with E-state index in [1.54, 1.807) is 0 Å². The number of hydrogen-bond donors (Lipinski definition) is 3. The van der Waals surface area contributed by atoms with Crippen molar-refractivity contribution in [2.75, 3.05) is 25.9 Å². The van der Waals surface area contributed by atoms with E-state index in [1.807, 2.05) is 31.5 Å². The number of allylic oxidation sites excluding steroid dienone is 2. The summed E-state index contributed by atoms with van der Waals surface area (Å²) >= 11 is 1.52. The van der Waals surface area contributed by atoms with Crippen LogP contribution in [0.4, 0.5) is 0 Å². The van der Waals surface area contributed by atoms with Crippen molar-refractivity contribution in [2.45, 2.75) is 11.4 Å². The van der Waals surface area contributed by atoms with Gasteiger partial charge in [0, 0.05) is 5.75 Å². The van der Waals surface area contributed by atoms with Gasteiger partial charge in [-0.1, -0.05) is 6.08 Å². The zero-order chi connectivity index (χ0) is 15.9. The Balaban J connectivity index is 1.79. The summed E-state index contributed by atoms with van der Waals surface area (Å²) in [7, 11) is 2.00. The minimum atomic E-state index is -1.07. The van der Waals surface area contributed by atoms with Crippen molar-refractivity contribution in [3.63, 3.8) is 0 Å². The van der Waals surface area contributed by atoms with E-state index in [2.05, 4.69) is 5.43 Å². The first-order valence-electron chi connectivity index (χ1n) is 7.03. The molecule has 7 nitrogen and oxygen atoms in total. The van der Waals surface area contributed by atoms with Crippen LogP contribution in [-0.4, -0.2) is 63.8 Å². The van der Waals surface area contributed by atoms with Gasteiger partial charge in [-0.05, 0) is 17.7 Å². The molecule has 1 fully saturated rings. The summed E-state index contributed by atoms with van der Waals surface area (Å²) in [5.74, 6) is -0.816. The molecule has 0 aliphatic carbocycles. The lowest BCUT2D eigenvalue weighted by atomic mass is 10.0. The number of hydrogen-bond acceptors (Lipinski definition) is 5. The number of carbonyl (C=O) groups excluding carboxylic acids is 1. The number of nitrogens with one attached hydrogen (secondary N) is 1. The predicted molar refractivity (Wildman–Crippen MR) is 83.1 cm³/mol. The van der Waals surface area contributed by atoms with E-state index in [9.17, 15) is 14.7 Å². The first-order chi connectivity index (χ1) is 10.4. The number of quaternary nitrogens is 1. The van der Waals surface area contributed by atoms with Crippen LogP contribution < -0.4 is 11.2 Å². The normalized spacial score (nSPS) is 33.7. The molecule has 0 aromatic heterocycles. The van der Waals surface area contributed by atoms with Crippen LogP contribution in [-0.2, 0) is 9.59 Å². The van der Waals surface area contributed by atoms with Crippen LogP contribution in [0.15, 0.2) is 35.7 Å². The first kappa shape index (κ1) is 15.3. The highest BCUT2D eigenvalue weighted by Gasteiger charge is 2.51. The molecule has 0 spiro atoms. The zero-order valence-electron chi connectivity index (χ0n) is 12.2. The molecule has 1 saturated heterocycles. The molecule has 1 amide bonds. The van der Waals surface area contributed by atoms with Crippen molar-refractivity contribution in [1.29, 1.82) is 0 Å². The summed E-state index contributed by atoms with van der Waals surface area (Å²) in [4.78, 5) is 24.8. The number of β-lactam (4-membered cyclic amide) rings is 1. The summed E-state index contributed by atoms with van der Waals surface area (Å²) in [6.07, 6.45) is 7.98. The summed E-state index contributed by atoms with van der Waals surface area (Å²) in [6.45, 7) is 1.20. The molecule has 0 saturated carbocycles. The van der Waals surface area contributed by atoms with E-state index in [4.69, 9.17) is 5.73 Å². The van der Waals surface area contributed by atoms with Crippen LogP contribution in [0, 0.1) is 0 Å². The molecule has 0 bridgehead atoms. The molecule has 3 heterocycles. The number of carboxylic acid groups (broad SMARTS) is 1. The van der Waals surface area contributed by atoms with Crippen molar-refractivity contribution in [2.24, 2.45) is 5.73 Å². The van der Waals surface area contributed by atoms with Crippen LogP contribution in [0.3, 0.4) is 0 Å². The maximum atomic E-state index is 11.9. The molecule has 0 aromatic carbocycles. The largest absolute Gasteiger partial charge is 0.477 e. The summed E-state index contributed by atoms with van der Waals surface area (Å²) in [6, 6.07) is -0.589. The predicted octanol–water partition coefficient (Wildman–Crippen LogP) is -0.398. The Morgan fingerprint density at radius 1 is 1.59 bits per heavy atom. The van der Waals surface area contributed by atoms with Crippen LogP contribution in [0.5, 0.6) is 0 Å². The number of likely N-dealkylation sites (N-methyl/N-ethyl adjacent to an activating group) is 1. The number of carbonyl (C=O) groups is 2. The van der Waals surface area contributed by atoms with Gasteiger partial charge in [0.2, 0.25) is 5.91 Å². The van der Waals surface area contributed by atoms with E-state index >= 15 is 0 Å². The summed E-state index contributed by atoms with van der Waals surface area (Å²) in [5, 5.41) is 9.23. The molecule has 118 valence electrons. The first-order valence-corrected chi connectivity index (χ1v) is 8.08. The Kier molecular flexibility index (Phi) is 3.85. The minimum absolute atomic E-state index is 0.0890. The van der Waals surface area contributed by atoms with E-state index in [0.29, 0.717) is 16.9 Å². The second-order valence-corrected chi connectivity index (χ2v) is 6.85. The van der Waals surface area contributed by atoms with Gasteiger partial charge < -0.3 is 10.8 Å². The van der Waals surface area contributed by atoms with Crippen molar-refractivity contribution >= 4 is 23.6 Å². The van der Waals surface area contributed by atoms with Crippen LogP contribution >= 0.6 is 11.8 Å². The number of thioether (sulfide) groups is 1. The standard InChI is InChI=1S/C14H18N4O3S/c1-18(5-3-2-4-6-18)16-7-9-8-22-13-10(15)12(19)17(13)11(9)14(20)21/h2-5,10,13,16H,6-8,15H2,1H3/p+1/t10?,13-,18?/m1/s1. The second-order valence-electron chi connectivity index (χ2n) is 5.75. The van der Waals surface area contributed by atoms with Crippen LogP contribution in [0.2, 0.25) is 0 Å². The molecule has 3 aliphatic rings. The summed E-state index contributed by atoms with van der Waals surface area (Å²) < 4.78 is 0.494. The average molecular weight is 323 g/mol. The number of amides is 1. The van der Waals surface area contributed by atoms with Crippen molar-refractivity contribution in [3.8, 4) is 0 Å². The number of carboxylic acids is 1. The fourth-order valence-electron chi connectivity index (χ4n) is 2.77. The lowest BCUT2D eigenvalue weighted by Crippen LogP contribution is -2.68. The molecule has 2 unspecified atom stereocenters. The Morgan fingerprint density at radius 2 is 2.36 bits per heavy atom. The maximum absolute atomic E-state index is 11.9. The molecule has 0 radical (unpaired) electrons. The smallest absolute Gasteiger partial charge is 0.352 e. The Labute approximate surface area is 132 Å².